The van der Waals surface area contributed by atoms with Crippen molar-refractivity contribution in [2.45, 2.75) is 6.18 Å². The van der Waals surface area contributed by atoms with Gasteiger partial charge >= 0.3 is 18.2 Å². The predicted molar refractivity (Wildman–Crippen MR) is 66.1 cm³/mol. The predicted octanol–water partition coefficient (Wildman–Crippen LogP) is 1.50. The Morgan fingerprint density at radius 3 is 2.10 bits per heavy atom. The van der Waals surface area contributed by atoms with E-state index < -0.39 is 23.8 Å². The summed E-state index contributed by atoms with van der Waals surface area (Å²) in [5.41, 5.74) is 4.24. The molecular weight excluding hydrogens is 277 g/mol. The number of anilines is 1. The first-order valence-corrected chi connectivity index (χ1v) is 5.54. The molecule has 0 aliphatic carbocycles. The van der Waals surface area contributed by atoms with Gasteiger partial charge in [-0.3, -0.25) is 0 Å². The molecule has 0 bridgehead atoms. The van der Waals surface area contributed by atoms with E-state index in [-0.39, 0.29) is 18.8 Å². The Labute approximate surface area is 112 Å². The van der Waals surface area contributed by atoms with Gasteiger partial charge < -0.3 is 21.7 Å². The number of rotatable bonds is 4. The van der Waals surface area contributed by atoms with E-state index in [1.54, 1.807) is 0 Å². The van der Waals surface area contributed by atoms with Gasteiger partial charge in [0.1, 0.15) is 0 Å². The highest BCUT2D eigenvalue weighted by molar-refractivity contribution is 5.89. The Hall–Kier alpha value is -2.45. The number of urea groups is 2. The van der Waals surface area contributed by atoms with Gasteiger partial charge in [-0.25, -0.2) is 9.59 Å². The zero-order valence-electron chi connectivity index (χ0n) is 10.3. The minimum absolute atomic E-state index is 0.134. The summed E-state index contributed by atoms with van der Waals surface area (Å²) in [6.45, 7) is 0.283. The minimum atomic E-state index is -4.42. The molecule has 4 amide bonds. The summed E-state index contributed by atoms with van der Waals surface area (Å²) >= 11 is 0. The number of hydrogen-bond acceptors (Lipinski definition) is 2. The second-order valence-electron chi connectivity index (χ2n) is 3.75. The zero-order valence-corrected chi connectivity index (χ0v) is 10.3. The molecule has 6 nitrogen and oxygen atoms in total. The van der Waals surface area contributed by atoms with Crippen LogP contribution in [0.1, 0.15) is 5.56 Å². The van der Waals surface area contributed by atoms with Gasteiger partial charge in [-0.15, -0.1) is 0 Å². The van der Waals surface area contributed by atoms with E-state index >= 15 is 0 Å². The quantitative estimate of drug-likeness (QED) is 0.632. The van der Waals surface area contributed by atoms with Gasteiger partial charge in [-0.1, -0.05) is 0 Å². The summed E-state index contributed by atoms with van der Waals surface area (Å²) in [4.78, 5) is 21.7. The van der Waals surface area contributed by atoms with Crippen molar-refractivity contribution in [3.63, 3.8) is 0 Å². The van der Waals surface area contributed by atoms with Crippen LogP contribution in [0, 0.1) is 0 Å². The van der Waals surface area contributed by atoms with Crippen LogP contribution in [-0.4, -0.2) is 25.2 Å². The Balaban J connectivity index is 2.41. The van der Waals surface area contributed by atoms with Crippen LogP contribution in [0.2, 0.25) is 0 Å². The van der Waals surface area contributed by atoms with Crippen molar-refractivity contribution in [1.29, 1.82) is 0 Å². The summed E-state index contributed by atoms with van der Waals surface area (Å²) in [5.74, 6) is 0. The lowest BCUT2D eigenvalue weighted by molar-refractivity contribution is -0.137. The first-order chi connectivity index (χ1) is 9.29. The Kier molecular flexibility index (Phi) is 5.18. The van der Waals surface area contributed by atoms with Crippen molar-refractivity contribution in [3.05, 3.63) is 29.8 Å². The number of nitrogens with two attached hydrogens (primary N) is 1. The molecule has 1 aromatic rings. The van der Waals surface area contributed by atoms with E-state index in [0.29, 0.717) is 0 Å². The van der Waals surface area contributed by atoms with Gasteiger partial charge in [0.25, 0.3) is 0 Å². The van der Waals surface area contributed by atoms with Crippen molar-refractivity contribution in [2.24, 2.45) is 5.73 Å². The molecule has 0 aliphatic heterocycles. The molecule has 0 aromatic heterocycles. The van der Waals surface area contributed by atoms with Crippen LogP contribution < -0.4 is 21.7 Å². The second kappa shape index (κ2) is 6.64. The molecule has 0 radical (unpaired) electrons. The van der Waals surface area contributed by atoms with Crippen LogP contribution in [0.15, 0.2) is 24.3 Å². The van der Waals surface area contributed by atoms with Gasteiger partial charge in [0.2, 0.25) is 0 Å². The normalized spacial score (nSPS) is 10.8. The minimum Gasteiger partial charge on any atom is -0.352 e. The second-order valence-corrected chi connectivity index (χ2v) is 3.75. The molecular formula is C11H13F3N4O2. The molecule has 0 atom stereocenters. The lowest BCUT2D eigenvalue weighted by Crippen LogP contribution is -2.38. The first kappa shape index (κ1) is 15.6. The lowest BCUT2D eigenvalue weighted by Gasteiger charge is -2.09. The number of hydrogen-bond donors (Lipinski definition) is 4. The maximum Gasteiger partial charge on any atom is 0.416 e. The number of carbonyl (C=O) groups excluding carboxylic acids is 2. The first-order valence-electron chi connectivity index (χ1n) is 5.54. The van der Waals surface area contributed by atoms with Gasteiger partial charge in [-0.2, -0.15) is 13.2 Å². The fourth-order valence-electron chi connectivity index (χ4n) is 1.28. The number of carbonyl (C=O) groups is 2. The van der Waals surface area contributed by atoms with E-state index in [1.165, 1.54) is 0 Å². The standard InChI is InChI=1S/C11H13F3N4O2/c12-11(13,14)7-1-3-8(4-2-7)18-10(20)17-6-5-16-9(15)19/h1-4H,5-6H2,(H3,15,16,19)(H2,17,18,20). The maximum absolute atomic E-state index is 12.3. The van der Waals surface area contributed by atoms with E-state index in [0.717, 1.165) is 24.3 Å². The summed E-state index contributed by atoms with van der Waals surface area (Å²) in [6.07, 6.45) is -4.42. The number of halogens is 3. The maximum atomic E-state index is 12.3. The number of nitrogens with one attached hydrogen (secondary N) is 3. The molecule has 0 saturated heterocycles. The van der Waals surface area contributed by atoms with Crippen LogP contribution in [0.4, 0.5) is 28.4 Å². The van der Waals surface area contributed by atoms with Crippen LogP contribution in [0.25, 0.3) is 0 Å². The van der Waals surface area contributed by atoms with Crippen molar-refractivity contribution in [2.75, 3.05) is 18.4 Å². The molecule has 0 heterocycles. The SMILES string of the molecule is NC(=O)NCCNC(=O)Nc1ccc(C(F)(F)F)cc1. The van der Waals surface area contributed by atoms with Gasteiger partial charge in [0.05, 0.1) is 5.56 Å². The summed E-state index contributed by atoms with van der Waals surface area (Å²) < 4.78 is 36.9. The number of amides is 4. The molecule has 1 aromatic carbocycles. The Morgan fingerprint density at radius 1 is 1.05 bits per heavy atom. The average molecular weight is 290 g/mol. The lowest BCUT2D eigenvalue weighted by atomic mass is 10.2. The van der Waals surface area contributed by atoms with Gasteiger partial charge in [0, 0.05) is 18.8 Å². The van der Waals surface area contributed by atoms with Crippen molar-refractivity contribution in [3.8, 4) is 0 Å². The third-order valence-electron chi connectivity index (χ3n) is 2.18. The molecule has 0 fully saturated rings. The molecule has 0 spiro atoms. The van der Waals surface area contributed by atoms with Crippen LogP contribution in [0.3, 0.4) is 0 Å². The third kappa shape index (κ3) is 5.46. The molecule has 1 rings (SSSR count). The van der Waals surface area contributed by atoms with E-state index in [4.69, 9.17) is 5.73 Å². The van der Waals surface area contributed by atoms with Gasteiger partial charge in [-0.05, 0) is 24.3 Å². The largest absolute Gasteiger partial charge is 0.416 e. The highest BCUT2D eigenvalue weighted by Gasteiger charge is 2.29. The Morgan fingerprint density at radius 2 is 1.60 bits per heavy atom. The van der Waals surface area contributed by atoms with Crippen LogP contribution >= 0.6 is 0 Å². The fraction of sp³-hybridized carbons (Fsp3) is 0.273. The monoisotopic (exact) mass is 290 g/mol. The number of primary amides is 1. The summed E-state index contributed by atoms with van der Waals surface area (Å²) in [7, 11) is 0. The molecule has 0 aliphatic rings. The van der Waals surface area contributed by atoms with E-state index in [2.05, 4.69) is 16.0 Å². The van der Waals surface area contributed by atoms with E-state index in [9.17, 15) is 22.8 Å². The third-order valence-corrected chi connectivity index (χ3v) is 2.18. The number of benzene rings is 1. The molecule has 9 heteroatoms. The van der Waals surface area contributed by atoms with Gasteiger partial charge in [0.15, 0.2) is 0 Å². The van der Waals surface area contributed by atoms with Crippen LogP contribution in [0.5, 0.6) is 0 Å². The van der Waals surface area contributed by atoms with Crippen molar-refractivity contribution < 1.29 is 22.8 Å². The topological polar surface area (TPSA) is 96.2 Å². The molecule has 110 valence electrons. The van der Waals surface area contributed by atoms with E-state index in [1.807, 2.05) is 0 Å². The van der Waals surface area contributed by atoms with Crippen molar-refractivity contribution >= 4 is 17.7 Å². The average Bonchev–Trinajstić information content (AvgIpc) is 2.34. The molecule has 5 N–H and O–H groups in total. The molecule has 20 heavy (non-hydrogen) atoms. The number of alkyl halides is 3. The zero-order chi connectivity index (χ0) is 15.2. The highest BCUT2D eigenvalue weighted by atomic mass is 19.4. The van der Waals surface area contributed by atoms with Crippen molar-refractivity contribution in [1.82, 2.24) is 10.6 Å². The highest BCUT2D eigenvalue weighted by Crippen LogP contribution is 2.29. The smallest absolute Gasteiger partial charge is 0.352 e. The molecule has 0 unspecified atom stereocenters. The fourth-order valence-corrected chi connectivity index (χ4v) is 1.28. The molecule has 0 saturated carbocycles. The summed E-state index contributed by atoms with van der Waals surface area (Å²) in [5, 5.41) is 7.00. The Bertz CT molecular complexity index is 474. The summed E-state index contributed by atoms with van der Waals surface area (Å²) in [6, 6.07) is 2.70. The van der Waals surface area contributed by atoms with Crippen LogP contribution in [-0.2, 0) is 6.18 Å².